The number of carbonyl (C=O) groups is 1. The third kappa shape index (κ3) is 3.12. The number of amides is 1. The topological polar surface area (TPSA) is 102 Å². The molecule has 1 amide bonds. The Morgan fingerprint density at radius 2 is 2.05 bits per heavy atom. The first-order valence-electron chi connectivity index (χ1n) is 6.79. The minimum atomic E-state index is -1.20. The molecule has 0 aromatic heterocycles. The van der Waals surface area contributed by atoms with E-state index in [1.165, 1.54) is 0 Å². The lowest BCUT2D eigenvalue weighted by Gasteiger charge is -2.21. The first kappa shape index (κ1) is 15.6. The number of nitrogens with zero attached hydrogens (tertiary/aromatic N) is 1. The summed E-state index contributed by atoms with van der Waals surface area (Å²) in [5.41, 5.74) is 1.99. The fourth-order valence-corrected chi connectivity index (χ4v) is 2.25. The molecule has 0 saturated carbocycles. The Bertz CT molecular complexity index is 569. The quantitative estimate of drug-likeness (QED) is 0.619. The molecule has 6 heteroatoms. The Hall–Kier alpha value is -1.76. The van der Waals surface area contributed by atoms with E-state index in [0.717, 1.165) is 11.3 Å². The van der Waals surface area contributed by atoms with E-state index >= 15 is 0 Å². The molecule has 1 aromatic carbocycles. The normalized spacial score (nSPS) is 18.1. The van der Waals surface area contributed by atoms with E-state index in [1.807, 2.05) is 20.1 Å². The zero-order valence-corrected chi connectivity index (χ0v) is 12.1. The van der Waals surface area contributed by atoms with Gasteiger partial charge >= 0.3 is 0 Å². The lowest BCUT2D eigenvalue weighted by molar-refractivity contribution is 0.0389. The Morgan fingerprint density at radius 3 is 2.67 bits per heavy atom. The predicted molar refractivity (Wildman–Crippen MR) is 79.1 cm³/mol. The molecular formula is C15H20N2O4. The van der Waals surface area contributed by atoms with E-state index in [4.69, 9.17) is 10.2 Å². The highest BCUT2D eigenvalue weighted by Gasteiger charge is 2.28. The van der Waals surface area contributed by atoms with E-state index < -0.39 is 31.3 Å². The van der Waals surface area contributed by atoms with Gasteiger partial charge in [0.15, 0.2) is 0 Å². The number of rotatable bonds is 5. The molecule has 0 aliphatic carbocycles. The number of aliphatic hydroxyl groups is 3. The Morgan fingerprint density at radius 1 is 1.33 bits per heavy atom. The molecule has 1 aromatic rings. The molecule has 2 atom stereocenters. The molecule has 21 heavy (non-hydrogen) atoms. The van der Waals surface area contributed by atoms with Crippen molar-refractivity contribution < 1.29 is 20.1 Å². The van der Waals surface area contributed by atoms with Crippen LogP contribution in [0.2, 0.25) is 0 Å². The van der Waals surface area contributed by atoms with Gasteiger partial charge in [-0.3, -0.25) is 9.79 Å². The zero-order chi connectivity index (χ0) is 15.6. The summed E-state index contributed by atoms with van der Waals surface area (Å²) in [5.74, 6) is -0.410. The number of hydrogen-bond donors (Lipinski definition) is 4. The second-order valence-electron chi connectivity index (χ2n) is 5.72. The van der Waals surface area contributed by atoms with E-state index in [1.54, 1.807) is 18.2 Å². The van der Waals surface area contributed by atoms with Gasteiger partial charge in [-0.1, -0.05) is 13.8 Å². The van der Waals surface area contributed by atoms with Gasteiger partial charge in [-0.15, -0.1) is 0 Å². The second-order valence-corrected chi connectivity index (χ2v) is 5.72. The van der Waals surface area contributed by atoms with Crippen molar-refractivity contribution in [3.63, 3.8) is 0 Å². The number of hydrogen-bond acceptors (Lipinski definition) is 5. The fraction of sp³-hybridized carbons (Fsp3) is 0.467. The number of aliphatic hydroxyl groups excluding tert-OH is 3. The van der Waals surface area contributed by atoms with Gasteiger partial charge in [0.05, 0.1) is 31.0 Å². The van der Waals surface area contributed by atoms with E-state index in [0.29, 0.717) is 5.56 Å². The van der Waals surface area contributed by atoms with Gasteiger partial charge in [0, 0.05) is 17.2 Å². The monoisotopic (exact) mass is 292 g/mol. The molecule has 1 aliphatic heterocycles. The van der Waals surface area contributed by atoms with Crippen molar-refractivity contribution in [3.05, 3.63) is 29.3 Å². The van der Waals surface area contributed by atoms with Crippen molar-refractivity contribution in [2.45, 2.75) is 31.4 Å². The smallest absolute Gasteiger partial charge is 0.251 e. The summed E-state index contributed by atoms with van der Waals surface area (Å²) in [4.78, 5) is 16.5. The Labute approximate surface area is 123 Å². The first-order valence-corrected chi connectivity index (χ1v) is 6.79. The van der Waals surface area contributed by atoms with Gasteiger partial charge in [-0.2, -0.15) is 0 Å². The summed E-state index contributed by atoms with van der Waals surface area (Å²) in [7, 11) is 0. The molecule has 2 unspecified atom stereocenters. The van der Waals surface area contributed by atoms with Crippen molar-refractivity contribution in [2.75, 3.05) is 13.2 Å². The third-order valence-electron chi connectivity index (χ3n) is 3.64. The summed E-state index contributed by atoms with van der Waals surface area (Å²) in [6, 6.07) is 4.27. The fourth-order valence-electron chi connectivity index (χ4n) is 2.25. The van der Waals surface area contributed by atoms with Gasteiger partial charge in [-0.25, -0.2) is 0 Å². The molecule has 2 rings (SSSR count). The standard InChI is InChI=1S/C15H20N2O4/c1-15(2)8-16-11-4-3-9(5-10(11)15)14(21)17-12(6-18)13(20)7-19/h3-5,8,12-13,18-20H,6-7H2,1-2H3,(H,17,21). The number of nitrogens with one attached hydrogen (secondary N) is 1. The lowest BCUT2D eigenvalue weighted by Crippen LogP contribution is -2.47. The SMILES string of the molecule is CC1(C)C=Nc2ccc(C(=O)NC(CO)C(O)CO)cc21. The van der Waals surface area contributed by atoms with Crippen molar-refractivity contribution in [1.29, 1.82) is 0 Å². The molecular weight excluding hydrogens is 272 g/mol. The Balaban J connectivity index is 2.18. The minimum Gasteiger partial charge on any atom is -0.394 e. The van der Waals surface area contributed by atoms with Crippen molar-refractivity contribution in [1.82, 2.24) is 5.32 Å². The van der Waals surface area contributed by atoms with Crippen LogP contribution >= 0.6 is 0 Å². The average molecular weight is 292 g/mol. The highest BCUT2D eigenvalue weighted by Crippen LogP contribution is 2.36. The molecule has 0 spiro atoms. The van der Waals surface area contributed by atoms with Crippen molar-refractivity contribution >= 4 is 17.8 Å². The van der Waals surface area contributed by atoms with Crippen LogP contribution in [0.3, 0.4) is 0 Å². The van der Waals surface area contributed by atoms with Gasteiger partial charge in [-0.05, 0) is 23.8 Å². The molecule has 1 aliphatic rings. The van der Waals surface area contributed by atoms with Gasteiger partial charge in [0.25, 0.3) is 5.91 Å². The highest BCUT2D eigenvalue weighted by atomic mass is 16.3. The molecule has 0 fully saturated rings. The number of fused-ring (bicyclic) bond motifs is 1. The van der Waals surface area contributed by atoms with E-state index in [2.05, 4.69) is 10.3 Å². The van der Waals surface area contributed by atoms with Crippen LogP contribution < -0.4 is 5.32 Å². The third-order valence-corrected chi connectivity index (χ3v) is 3.64. The molecule has 1 heterocycles. The number of benzene rings is 1. The van der Waals surface area contributed by atoms with Crippen LogP contribution in [0.4, 0.5) is 5.69 Å². The maximum absolute atomic E-state index is 12.2. The summed E-state index contributed by atoms with van der Waals surface area (Å²) >= 11 is 0. The van der Waals surface area contributed by atoms with Crippen molar-refractivity contribution in [2.24, 2.45) is 4.99 Å². The summed E-state index contributed by atoms with van der Waals surface area (Å²) in [6.07, 6.45) is 0.638. The summed E-state index contributed by atoms with van der Waals surface area (Å²) < 4.78 is 0. The first-order chi connectivity index (χ1) is 9.89. The molecule has 6 nitrogen and oxygen atoms in total. The second kappa shape index (κ2) is 5.93. The van der Waals surface area contributed by atoms with Crippen LogP contribution in [0.25, 0.3) is 0 Å². The van der Waals surface area contributed by atoms with Crippen molar-refractivity contribution in [3.8, 4) is 0 Å². The average Bonchev–Trinajstić information content (AvgIpc) is 2.78. The van der Waals surface area contributed by atoms with Gasteiger partial charge in [0.1, 0.15) is 0 Å². The summed E-state index contributed by atoms with van der Waals surface area (Å²) in [5, 5.41) is 30.1. The molecule has 114 valence electrons. The van der Waals surface area contributed by atoms with Gasteiger partial charge < -0.3 is 20.6 Å². The Kier molecular flexibility index (Phi) is 4.41. The maximum Gasteiger partial charge on any atom is 0.251 e. The van der Waals surface area contributed by atoms with Crippen LogP contribution in [0.1, 0.15) is 29.8 Å². The molecule has 0 saturated heterocycles. The highest BCUT2D eigenvalue weighted by molar-refractivity contribution is 5.96. The van der Waals surface area contributed by atoms with Crippen LogP contribution in [0.5, 0.6) is 0 Å². The van der Waals surface area contributed by atoms with E-state index in [-0.39, 0.29) is 5.41 Å². The summed E-state index contributed by atoms with van der Waals surface area (Å²) in [6.45, 7) is 3.04. The van der Waals surface area contributed by atoms with E-state index in [9.17, 15) is 9.90 Å². The molecule has 0 radical (unpaired) electrons. The maximum atomic E-state index is 12.2. The minimum absolute atomic E-state index is 0.230. The molecule has 0 bridgehead atoms. The van der Waals surface area contributed by atoms with Crippen LogP contribution in [-0.2, 0) is 5.41 Å². The largest absolute Gasteiger partial charge is 0.394 e. The zero-order valence-electron chi connectivity index (χ0n) is 12.1. The van der Waals surface area contributed by atoms with Gasteiger partial charge in [0.2, 0.25) is 0 Å². The molecule has 4 N–H and O–H groups in total. The van der Waals surface area contributed by atoms with Crippen LogP contribution in [0.15, 0.2) is 23.2 Å². The predicted octanol–water partition coefficient (Wildman–Crippen LogP) is 0.124. The number of aliphatic imine (C=N–C) groups is 1. The lowest BCUT2D eigenvalue weighted by atomic mass is 9.86. The van der Waals surface area contributed by atoms with Crippen LogP contribution in [-0.4, -0.2) is 52.8 Å². The number of carbonyl (C=O) groups excluding carboxylic acids is 1. The van der Waals surface area contributed by atoms with Crippen LogP contribution in [0, 0.1) is 0 Å².